The Morgan fingerprint density at radius 1 is 1.21 bits per heavy atom. The average Bonchev–Trinajstić information content (AvgIpc) is 3.18. The largest absolute Gasteiger partial charge is 0.353 e. The van der Waals surface area contributed by atoms with Crippen LogP contribution in [-0.2, 0) is 16.6 Å². The highest BCUT2D eigenvalue weighted by Crippen LogP contribution is 2.48. The average molecular weight is 392 g/mol. The van der Waals surface area contributed by atoms with E-state index in [1.165, 1.54) is 22.1 Å². The van der Waals surface area contributed by atoms with Crippen LogP contribution >= 0.6 is 0 Å². The minimum Gasteiger partial charge on any atom is -0.353 e. The Bertz CT molecular complexity index is 1030. The SMILES string of the molecule is CCN1C(=O)C2(CCNCC2)c2cc3[nH]c4c(c3cc21)CCC/C(C)=C/N/N=C/4. The van der Waals surface area contributed by atoms with Crippen LogP contribution in [-0.4, -0.2) is 36.7 Å². The summed E-state index contributed by atoms with van der Waals surface area (Å²) in [5, 5.41) is 9.01. The van der Waals surface area contributed by atoms with E-state index >= 15 is 0 Å². The molecule has 1 saturated heterocycles. The van der Waals surface area contributed by atoms with Crippen molar-refractivity contribution in [3.63, 3.8) is 0 Å². The molecule has 152 valence electrons. The molecule has 0 saturated carbocycles. The molecule has 3 aliphatic heterocycles. The molecule has 4 heterocycles. The minimum atomic E-state index is -0.365. The van der Waals surface area contributed by atoms with Crippen LogP contribution in [0.4, 0.5) is 5.69 Å². The van der Waals surface area contributed by atoms with Gasteiger partial charge in [-0.3, -0.25) is 10.2 Å². The third-order valence-corrected chi connectivity index (χ3v) is 6.87. The maximum atomic E-state index is 13.4. The van der Waals surface area contributed by atoms with E-state index < -0.39 is 0 Å². The van der Waals surface area contributed by atoms with E-state index in [0.717, 1.165) is 62.1 Å². The van der Waals surface area contributed by atoms with Gasteiger partial charge in [-0.05, 0) is 82.3 Å². The molecule has 0 bridgehead atoms. The van der Waals surface area contributed by atoms with Crippen molar-refractivity contribution in [3.8, 4) is 0 Å². The highest BCUT2D eigenvalue weighted by molar-refractivity contribution is 6.11. The van der Waals surface area contributed by atoms with Gasteiger partial charge in [-0.1, -0.05) is 5.57 Å². The summed E-state index contributed by atoms with van der Waals surface area (Å²) in [6.45, 7) is 6.72. The van der Waals surface area contributed by atoms with Crippen LogP contribution in [0, 0.1) is 0 Å². The number of carbonyl (C=O) groups excluding carboxylic acids is 1. The first-order valence-corrected chi connectivity index (χ1v) is 10.8. The fourth-order valence-corrected chi connectivity index (χ4v) is 5.29. The molecule has 2 aromatic rings. The molecule has 6 nitrogen and oxygen atoms in total. The number of fused-ring (bicyclic) bond motifs is 5. The first kappa shape index (κ1) is 18.4. The molecule has 1 spiro atoms. The standard InChI is InChI=1S/C23H29N5O/c1-3-28-21-11-17-16-6-4-5-15(2)13-25-26-14-20(16)27-19(17)12-18(21)23(22(28)29)7-9-24-10-8-23/h11-14,24-25,27H,3-10H2,1-2H3/b15-13+,26-14+. The lowest BCUT2D eigenvalue weighted by atomic mass is 9.74. The summed E-state index contributed by atoms with van der Waals surface area (Å²) in [6, 6.07) is 4.51. The van der Waals surface area contributed by atoms with Crippen molar-refractivity contribution in [2.24, 2.45) is 5.10 Å². The van der Waals surface area contributed by atoms with Gasteiger partial charge < -0.3 is 15.2 Å². The number of amides is 1. The van der Waals surface area contributed by atoms with Crippen molar-refractivity contribution >= 4 is 28.7 Å². The van der Waals surface area contributed by atoms with Crippen LogP contribution in [0.1, 0.15) is 56.4 Å². The predicted octanol–water partition coefficient (Wildman–Crippen LogP) is 3.32. The molecule has 6 heteroatoms. The van der Waals surface area contributed by atoms with Gasteiger partial charge in [-0.15, -0.1) is 0 Å². The number of likely N-dealkylation sites (N-methyl/N-ethyl adjacent to an activating group) is 1. The molecule has 1 aromatic carbocycles. The van der Waals surface area contributed by atoms with E-state index in [1.807, 2.05) is 17.3 Å². The zero-order valence-electron chi connectivity index (χ0n) is 17.3. The minimum absolute atomic E-state index is 0.284. The normalized spacial score (nSPS) is 24.0. The topological polar surface area (TPSA) is 72.5 Å². The first-order valence-electron chi connectivity index (χ1n) is 10.8. The van der Waals surface area contributed by atoms with E-state index in [9.17, 15) is 4.79 Å². The molecular formula is C23H29N5O. The Balaban J connectivity index is 1.66. The Labute approximate surface area is 171 Å². The molecule has 3 N–H and O–H groups in total. The Hall–Kier alpha value is -2.60. The number of allylic oxidation sites excluding steroid dienone is 1. The summed E-state index contributed by atoms with van der Waals surface area (Å²) >= 11 is 0. The fraction of sp³-hybridized carbons (Fsp3) is 0.478. The molecule has 0 radical (unpaired) electrons. The number of aromatic nitrogens is 1. The second kappa shape index (κ2) is 7.02. The lowest BCUT2D eigenvalue weighted by Gasteiger charge is -2.32. The van der Waals surface area contributed by atoms with Crippen LogP contribution in [0.5, 0.6) is 0 Å². The first-order chi connectivity index (χ1) is 14.1. The molecule has 0 atom stereocenters. The lowest BCUT2D eigenvalue weighted by Crippen LogP contribution is -2.47. The van der Waals surface area contributed by atoms with Crippen LogP contribution in [0.2, 0.25) is 0 Å². The molecule has 0 unspecified atom stereocenters. The highest BCUT2D eigenvalue weighted by atomic mass is 16.2. The quantitative estimate of drug-likeness (QED) is 0.698. The van der Waals surface area contributed by atoms with Crippen molar-refractivity contribution in [3.05, 3.63) is 40.7 Å². The van der Waals surface area contributed by atoms with E-state index in [0.29, 0.717) is 6.54 Å². The van der Waals surface area contributed by atoms with Gasteiger partial charge in [0, 0.05) is 29.3 Å². The zero-order valence-corrected chi connectivity index (χ0v) is 17.3. The molecule has 0 aliphatic carbocycles. The van der Waals surface area contributed by atoms with E-state index in [-0.39, 0.29) is 11.3 Å². The van der Waals surface area contributed by atoms with Gasteiger partial charge in [0.1, 0.15) is 0 Å². The third kappa shape index (κ3) is 2.81. The number of hydrogen-bond acceptors (Lipinski definition) is 4. The number of hydrogen-bond donors (Lipinski definition) is 3. The van der Waals surface area contributed by atoms with Crippen molar-refractivity contribution in [1.82, 2.24) is 15.7 Å². The van der Waals surface area contributed by atoms with E-state index in [2.05, 4.69) is 46.8 Å². The summed E-state index contributed by atoms with van der Waals surface area (Å²) in [4.78, 5) is 19.0. The number of benzene rings is 1. The van der Waals surface area contributed by atoms with Gasteiger partial charge in [-0.25, -0.2) is 0 Å². The molecule has 3 aliphatic rings. The maximum absolute atomic E-state index is 13.4. The molecule has 1 aromatic heterocycles. The molecule has 1 fully saturated rings. The van der Waals surface area contributed by atoms with Crippen LogP contribution in [0.3, 0.4) is 0 Å². The predicted molar refractivity (Wildman–Crippen MR) is 118 cm³/mol. The number of piperidine rings is 1. The second-order valence-corrected chi connectivity index (χ2v) is 8.55. The van der Waals surface area contributed by atoms with Crippen LogP contribution in [0.15, 0.2) is 29.0 Å². The molecular weight excluding hydrogens is 362 g/mol. The smallest absolute Gasteiger partial charge is 0.237 e. The summed E-state index contributed by atoms with van der Waals surface area (Å²) in [7, 11) is 0. The zero-order chi connectivity index (χ0) is 20.0. The van der Waals surface area contributed by atoms with Gasteiger partial charge in [0.05, 0.1) is 17.3 Å². The van der Waals surface area contributed by atoms with Crippen LogP contribution in [0.25, 0.3) is 10.9 Å². The summed E-state index contributed by atoms with van der Waals surface area (Å²) in [6.07, 6.45) is 8.76. The number of rotatable bonds is 1. The monoisotopic (exact) mass is 391 g/mol. The fourth-order valence-electron chi connectivity index (χ4n) is 5.29. The number of aromatic amines is 1. The van der Waals surface area contributed by atoms with Gasteiger partial charge in [-0.2, -0.15) is 5.10 Å². The highest BCUT2D eigenvalue weighted by Gasteiger charge is 2.50. The summed E-state index contributed by atoms with van der Waals surface area (Å²) in [5.41, 5.74) is 9.77. The number of aryl methyl sites for hydroxylation is 1. The maximum Gasteiger partial charge on any atom is 0.237 e. The number of anilines is 1. The van der Waals surface area contributed by atoms with Crippen molar-refractivity contribution in [1.29, 1.82) is 0 Å². The van der Waals surface area contributed by atoms with Crippen molar-refractivity contribution in [2.45, 2.75) is 51.4 Å². The second-order valence-electron chi connectivity index (χ2n) is 8.55. The van der Waals surface area contributed by atoms with Crippen LogP contribution < -0.4 is 15.6 Å². The number of nitrogens with zero attached hydrogens (tertiary/aromatic N) is 2. The number of H-pyrrole nitrogens is 1. The summed E-state index contributed by atoms with van der Waals surface area (Å²) < 4.78 is 0. The van der Waals surface area contributed by atoms with E-state index in [4.69, 9.17) is 0 Å². The van der Waals surface area contributed by atoms with E-state index in [1.54, 1.807) is 0 Å². The molecule has 29 heavy (non-hydrogen) atoms. The van der Waals surface area contributed by atoms with Gasteiger partial charge >= 0.3 is 0 Å². The number of hydrazone groups is 1. The Kier molecular flexibility index (Phi) is 4.46. The third-order valence-electron chi connectivity index (χ3n) is 6.87. The van der Waals surface area contributed by atoms with Crippen molar-refractivity contribution < 1.29 is 4.79 Å². The van der Waals surface area contributed by atoms with Gasteiger partial charge in [0.25, 0.3) is 0 Å². The van der Waals surface area contributed by atoms with Crippen molar-refractivity contribution in [2.75, 3.05) is 24.5 Å². The van der Waals surface area contributed by atoms with Gasteiger partial charge in [0.15, 0.2) is 0 Å². The van der Waals surface area contributed by atoms with Gasteiger partial charge in [0.2, 0.25) is 5.91 Å². The Morgan fingerprint density at radius 2 is 2.03 bits per heavy atom. The number of carbonyl (C=O) groups is 1. The lowest BCUT2D eigenvalue weighted by molar-refractivity contribution is -0.124. The Morgan fingerprint density at radius 3 is 2.83 bits per heavy atom. The molecule has 1 amide bonds. The molecule has 5 rings (SSSR count). The summed E-state index contributed by atoms with van der Waals surface area (Å²) in [5.74, 6) is 0.284. The number of nitrogens with one attached hydrogen (secondary N) is 3.